The molecule has 2 aliphatic rings. The van der Waals surface area contributed by atoms with Crippen molar-refractivity contribution in [3.63, 3.8) is 0 Å². The summed E-state index contributed by atoms with van der Waals surface area (Å²) in [5, 5.41) is 4.73. The second-order valence-electron chi connectivity index (χ2n) is 8.65. The van der Waals surface area contributed by atoms with Gasteiger partial charge in [0.25, 0.3) is 0 Å². The molecule has 0 aliphatic heterocycles. The molecule has 1 aromatic heterocycles. The smallest absolute Gasteiger partial charge is 0.0800 e. The molecule has 0 saturated carbocycles. The maximum atomic E-state index is 4.95. The van der Waals surface area contributed by atoms with Crippen molar-refractivity contribution in [3.8, 4) is 0 Å². The molecule has 5 rings (SSSR count). The lowest BCUT2D eigenvalue weighted by molar-refractivity contribution is 1.25. The molecule has 0 N–H and O–H groups in total. The lowest BCUT2D eigenvalue weighted by Gasteiger charge is -2.10. The number of nitrogens with zero attached hydrogens (tertiary/aromatic N) is 1. The molecule has 36 heavy (non-hydrogen) atoms. The first-order valence-electron chi connectivity index (χ1n) is 11.9. The number of allylic oxidation sites excluding steroid dienone is 13. The highest BCUT2D eigenvalue weighted by atomic mass is 14.7. The Morgan fingerprint density at radius 2 is 1.39 bits per heavy atom. The average molecular weight is 462 g/mol. The van der Waals surface area contributed by atoms with Crippen LogP contribution in [0.2, 0.25) is 0 Å². The van der Waals surface area contributed by atoms with Crippen molar-refractivity contribution in [3.05, 3.63) is 168 Å². The van der Waals surface area contributed by atoms with Crippen LogP contribution in [0.5, 0.6) is 0 Å². The zero-order valence-corrected chi connectivity index (χ0v) is 20.2. The predicted molar refractivity (Wildman–Crippen MR) is 157 cm³/mol. The van der Waals surface area contributed by atoms with Gasteiger partial charge in [0.2, 0.25) is 0 Å². The van der Waals surface area contributed by atoms with E-state index in [0.29, 0.717) is 0 Å². The summed E-state index contributed by atoms with van der Waals surface area (Å²) in [6.07, 6.45) is 22.3. The molecule has 0 amide bonds. The molecule has 0 saturated heterocycles. The Bertz CT molecular complexity index is 1730. The minimum Gasteiger partial charge on any atom is -0.248 e. The minimum atomic E-state index is 0.809. The van der Waals surface area contributed by atoms with E-state index in [4.69, 9.17) is 4.98 Å². The number of aromatic nitrogens is 1. The Morgan fingerprint density at radius 1 is 0.694 bits per heavy atom. The van der Waals surface area contributed by atoms with E-state index in [1.165, 1.54) is 10.8 Å². The van der Waals surface area contributed by atoms with E-state index in [0.717, 1.165) is 55.3 Å². The largest absolute Gasteiger partial charge is 0.248 e. The molecule has 1 heterocycles. The highest BCUT2D eigenvalue weighted by Gasteiger charge is 2.29. The first-order chi connectivity index (χ1) is 17.6. The third-order valence-corrected chi connectivity index (χ3v) is 6.53. The summed E-state index contributed by atoms with van der Waals surface area (Å²) in [6.45, 7) is 16.2. The number of rotatable bonds is 4. The standard InChI is InChI=1S/C35H27N/c1-5-24(4)30(7-3)34-32-20-18-28-23-26-16-13-12-15-25(26)22-27(28)14-10-8-9-11-17-31(32)33-21-19-29(6-2)36-35(33)34/h5-23H,1-4H2/b9-8?,10-8-,11-9-,14-10?,17-11?,20-18?,27-14-,28-18-,31-17+,32-20+,34-30+. The van der Waals surface area contributed by atoms with Crippen LogP contribution in [0.4, 0.5) is 0 Å². The lowest BCUT2D eigenvalue weighted by atomic mass is 9.94. The summed E-state index contributed by atoms with van der Waals surface area (Å²) in [5.41, 5.74) is 7.71. The number of hydrogen-bond donors (Lipinski definition) is 0. The normalized spacial score (nSPS) is 22.0. The molecular weight excluding hydrogens is 434 g/mol. The maximum Gasteiger partial charge on any atom is 0.0800 e. The monoisotopic (exact) mass is 461 g/mol. The van der Waals surface area contributed by atoms with Crippen LogP contribution in [0.1, 0.15) is 17.0 Å². The summed E-state index contributed by atoms with van der Waals surface area (Å²) >= 11 is 0. The van der Waals surface area contributed by atoms with Crippen molar-refractivity contribution in [2.24, 2.45) is 0 Å². The molecule has 2 aliphatic carbocycles. The van der Waals surface area contributed by atoms with Crippen molar-refractivity contribution < 1.29 is 0 Å². The number of pyridine rings is 1. The zero-order valence-electron chi connectivity index (χ0n) is 20.2. The van der Waals surface area contributed by atoms with Gasteiger partial charge in [0.15, 0.2) is 0 Å². The predicted octanol–water partition coefficient (Wildman–Crippen LogP) is 7.27. The molecule has 0 atom stereocenters. The Labute approximate surface area is 212 Å². The first kappa shape index (κ1) is 23.0. The fourth-order valence-electron chi connectivity index (χ4n) is 4.71. The van der Waals surface area contributed by atoms with Gasteiger partial charge in [-0.3, -0.25) is 0 Å². The lowest BCUT2D eigenvalue weighted by Crippen LogP contribution is -2.23. The summed E-state index contributed by atoms with van der Waals surface area (Å²) in [5.74, 6) is 0. The molecule has 0 spiro atoms. The van der Waals surface area contributed by atoms with Crippen LogP contribution in [0, 0.1) is 0 Å². The van der Waals surface area contributed by atoms with E-state index in [-0.39, 0.29) is 0 Å². The fourth-order valence-corrected chi connectivity index (χ4v) is 4.71. The number of hydrogen-bond acceptors (Lipinski definition) is 1. The SMILES string of the molecule is C=CC(=C)\C(C=C)=C1C2=C/C=c3/cc4ccccc4c/c3=C/C=C\C=C/C=C\2c2ccc(C=C)nc2/1. The number of fused-ring (bicyclic) bond motifs is 5. The Hall–Kier alpha value is -4.75. The van der Waals surface area contributed by atoms with Gasteiger partial charge in [-0.05, 0) is 67.8 Å². The molecule has 0 unspecified atom stereocenters. The molecule has 1 nitrogen and oxygen atoms in total. The van der Waals surface area contributed by atoms with Gasteiger partial charge in [-0.25, -0.2) is 4.98 Å². The molecule has 0 bridgehead atoms. The van der Waals surface area contributed by atoms with Crippen LogP contribution in [0.25, 0.3) is 40.1 Å². The van der Waals surface area contributed by atoms with E-state index in [2.05, 4.69) is 117 Å². The van der Waals surface area contributed by atoms with Crippen LogP contribution in [0.15, 0.2) is 140 Å². The Kier molecular flexibility index (Phi) is 6.30. The second-order valence-corrected chi connectivity index (χ2v) is 8.65. The van der Waals surface area contributed by atoms with Gasteiger partial charge in [0, 0.05) is 11.1 Å². The quantitative estimate of drug-likeness (QED) is 0.372. The number of benzene rings is 2. The van der Waals surface area contributed by atoms with Crippen LogP contribution in [-0.4, -0.2) is 4.98 Å². The van der Waals surface area contributed by atoms with E-state index >= 15 is 0 Å². The van der Waals surface area contributed by atoms with Gasteiger partial charge in [-0.1, -0.05) is 117 Å². The molecule has 172 valence electrons. The highest BCUT2D eigenvalue weighted by molar-refractivity contribution is 6.10. The molecule has 2 aromatic carbocycles. The zero-order chi connectivity index (χ0) is 25.1. The molecule has 0 radical (unpaired) electrons. The van der Waals surface area contributed by atoms with Crippen LogP contribution >= 0.6 is 0 Å². The third kappa shape index (κ3) is 4.12. The first-order valence-corrected chi connectivity index (χ1v) is 11.9. The maximum absolute atomic E-state index is 4.95. The topological polar surface area (TPSA) is 12.9 Å². The molecule has 3 aromatic rings. The van der Waals surface area contributed by atoms with Crippen molar-refractivity contribution in [1.82, 2.24) is 4.98 Å². The highest BCUT2D eigenvalue weighted by Crippen LogP contribution is 2.47. The summed E-state index contributed by atoms with van der Waals surface area (Å²) < 4.78 is 0. The molecule has 1 heteroatoms. The van der Waals surface area contributed by atoms with Crippen molar-refractivity contribution >= 4 is 40.1 Å². The third-order valence-electron chi connectivity index (χ3n) is 6.53. The van der Waals surface area contributed by atoms with E-state index in [1.807, 2.05) is 12.1 Å². The summed E-state index contributed by atoms with van der Waals surface area (Å²) in [7, 11) is 0. The Balaban J connectivity index is 1.90. The van der Waals surface area contributed by atoms with Gasteiger partial charge < -0.3 is 0 Å². The van der Waals surface area contributed by atoms with Crippen molar-refractivity contribution in [2.75, 3.05) is 0 Å². The van der Waals surface area contributed by atoms with Crippen molar-refractivity contribution in [2.45, 2.75) is 0 Å². The van der Waals surface area contributed by atoms with Gasteiger partial charge in [0.05, 0.1) is 11.4 Å². The summed E-state index contributed by atoms with van der Waals surface area (Å²) in [4.78, 5) is 4.95. The van der Waals surface area contributed by atoms with Crippen molar-refractivity contribution in [1.29, 1.82) is 0 Å². The van der Waals surface area contributed by atoms with E-state index in [9.17, 15) is 0 Å². The molecular formula is C35H27N. The van der Waals surface area contributed by atoms with Crippen LogP contribution < -0.4 is 10.4 Å². The Morgan fingerprint density at radius 3 is 2.06 bits per heavy atom. The minimum absolute atomic E-state index is 0.809. The second kappa shape index (κ2) is 9.85. The van der Waals surface area contributed by atoms with E-state index in [1.54, 1.807) is 12.2 Å². The van der Waals surface area contributed by atoms with Crippen LogP contribution in [-0.2, 0) is 0 Å². The molecule has 0 fully saturated rings. The summed E-state index contributed by atoms with van der Waals surface area (Å²) in [6, 6.07) is 17.1. The van der Waals surface area contributed by atoms with Gasteiger partial charge >= 0.3 is 0 Å². The van der Waals surface area contributed by atoms with Crippen LogP contribution in [0.3, 0.4) is 0 Å². The van der Waals surface area contributed by atoms with Gasteiger partial charge in [-0.2, -0.15) is 0 Å². The van der Waals surface area contributed by atoms with E-state index < -0.39 is 0 Å². The average Bonchev–Trinajstić information content (AvgIpc) is 3.20. The van der Waals surface area contributed by atoms with Gasteiger partial charge in [-0.15, -0.1) is 0 Å². The fraction of sp³-hybridized carbons (Fsp3) is 0. The van der Waals surface area contributed by atoms with Gasteiger partial charge in [0.1, 0.15) is 0 Å².